The molecule has 0 spiro atoms. The highest BCUT2D eigenvalue weighted by Gasteiger charge is 2.11. The van der Waals surface area contributed by atoms with Crippen LogP contribution in [0, 0.1) is 0 Å². The Labute approximate surface area is 165 Å². The van der Waals surface area contributed by atoms with Crippen molar-refractivity contribution in [3.63, 3.8) is 0 Å². The molecule has 0 radical (unpaired) electrons. The third kappa shape index (κ3) is 5.18. The number of nitrogens with one attached hydrogen (secondary N) is 1. The molecule has 3 rings (SSSR count). The molecule has 3 aromatic rings. The van der Waals surface area contributed by atoms with Gasteiger partial charge >= 0.3 is 0 Å². The molecule has 0 bridgehead atoms. The number of para-hydroxylation sites is 1. The first-order valence-corrected chi connectivity index (χ1v) is 9.35. The Bertz CT molecular complexity index is 918. The van der Waals surface area contributed by atoms with Gasteiger partial charge in [0.1, 0.15) is 0 Å². The summed E-state index contributed by atoms with van der Waals surface area (Å²) >= 11 is 0. The van der Waals surface area contributed by atoms with Crippen LogP contribution < -0.4 is 5.32 Å². The molecule has 28 heavy (non-hydrogen) atoms. The maximum atomic E-state index is 12.2. The normalized spacial score (nSPS) is 12.2. The highest BCUT2D eigenvalue weighted by Crippen LogP contribution is 2.24. The van der Waals surface area contributed by atoms with E-state index in [1.165, 1.54) is 0 Å². The number of hydrogen-bond acceptors (Lipinski definition) is 3. The fourth-order valence-electron chi connectivity index (χ4n) is 2.87. The molecule has 0 fully saturated rings. The van der Waals surface area contributed by atoms with Crippen molar-refractivity contribution in [2.75, 3.05) is 13.7 Å². The van der Waals surface area contributed by atoms with Gasteiger partial charge < -0.3 is 10.1 Å². The molecule has 5 nitrogen and oxygen atoms in total. The van der Waals surface area contributed by atoms with Crippen molar-refractivity contribution < 1.29 is 9.53 Å². The minimum Gasteiger partial charge on any atom is -0.385 e. The van der Waals surface area contributed by atoms with Crippen molar-refractivity contribution in [2.24, 2.45) is 0 Å². The third-order valence-corrected chi connectivity index (χ3v) is 4.37. The van der Waals surface area contributed by atoms with Crippen LogP contribution in [0.5, 0.6) is 0 Å². The summed E-state index contributed by atoms with van der Waals surface area (Å²) in [5, 5.41) is 7.70. The van der Waals surface area contributed by atoms with Gasteiger partial charge in [0.2, 0.25) is 5.91 Å². The predicted molar refractivity (Wildman–Crippen MR) is 112 cm³/mol. The second-order valence-corrected chi connectivity index (χ2v) is 6.60. The molecule has 0 saturated carbocycles. The third-order valence-electron chi connectivity index (χ3n) is 4.37. The molecule has 0 saturated heterocycles. The number of amides is 1. The van der Waals surface area contributed by atoms with Crippen LogP contribution in [0.3, 0.4) is 0 Å². The molecule has 0 aliphatic rings. The Morgan fingerprint density at radius 3 is 2.50 bits per heavy atom. The Hall–Kier alpha value is -3.18. The number of aromatic nitrogens is 2. The van der Waals surface area contributed by atoms with Gasteiger partial charge in [0.25, 0.3) is 0 Å². The van der Waals surface area contributed by atoms with Gasteiger partial charge in [-0.2, -0.15) is 5.10 Å². The zero-order valence-electron chi connectivity index (χ0n) is 16.2. The fourth-order valence-corrected chi connectivity index (χ4v) is 2.87. The van der Waals surface area contributed by atoms with Crippen LogP contribution >= 0.6 is 0 Å². The summed E-state index contributed by atoms with van der Waals surface area (Å²) in [7, 11) is 1.66. The van der Waals surface area contributed by atoms with Crippen molar-refractivity contribution in [3.05, 3.63) is 78.5 Å². The minimum atomic E-state index is -0.130. The van der Waals surface area contributed by atoms with Gasteiger partial charge in [0.15, 0.2) is 0 Å². The van der Waals surface area contributed by atoms with E-state index >= 15 is 0 Å². The largest absolute Gasteiger partial charge is 0.385 e. The van der Waals surface area contributed by atoms with Crippen LogP contribution in [0.2, 0.25) is 0 Å². The highest BCUT2D eigenvalue weighted by molar-refractivity contribution is 5.93. The molecule has 1 atom stereocenters. The Morgan fingerprint density at radius 1 is 1.14 bits per heavy atom. The topological polar surface area (TPSA) is 56.1 Å². The predicted octanol–water partition coefficient (Wildman–Crippen LogP) is 4.09. The first-order chi connectivity index (χ1) is 13.7. The molecule has 2 aromatic carbocycles. The Morgan fingerprint density at radius 2 is 1.82 bits per heavy atom. The fraction of sp³-hybridized carbons (Fsp3) is 0.217. The SMILES string of the molecule is COCCC(C)NC(=O)/C=C/c1cn(-c2ccccc2)nc1-c1ccccc1. The smallest absolute Gasteiger partial charge is 0.244 e. The molecule has 1 aromatic heterocycles. The van der Waals surface area contributed by atoms with Gasteiger partial charge in [-0.15, -0.1) is 0 Å². The maximum Gasteiger partial charge on any atom is 0.244 e. The van der Waals surface area contributed by atoms with E-state index in [1.54, 1.807) is 13.2 Å². The second kappa shape index (κ2) is 9.67. The first kappa shape index (κ1) is 19.6. The van der Waals surface area contributed by atoms with Crippen LogP contribution in [0.1, 0.15) is 18.9 Å². The molecule has 0 aliphatic heterocycles. The number of ether oxygens (including phenoxy) is 1. The molecule has 0 aliphatic carbocycles. The molecule has 1 unspecified atom stereocenters. The van der Waals surface area contributed by atoms with E-state index in [9.17, 15) is 4.79 Å². The first-order valence-electron chi connectivity index (χ1n) is 9.35. The molecule has 1 heterocycles. The number of benzene rings is 2. The van der Waals surface area contributed by atoms with Crippen molar-refractivity contribution in [2.45, 2.75) is 19.4 Å². The van der Waals surface area contributed by atoms with Crippen molar-refractivity contribution in [1.29, 1.82) is 0 Å². The lowest BCUT2D eigenvalue weighted by molar-refractivity contribution is -0.117. The van der Waals surface area contributed by atoms with E-state index in [0.717, 1.165) is 28.9 Å². The van der Waals surface area contributed by atoms with Crippen LogP contribution in [0.25, 0.3) is 23.0 Å². The van der Waals surface area contributed by atoms with Crippen LogP contribution in [0.15, 0.2) is 72.9 Å². The van der Waals surface area contributed by atoms with Gasteiger partial charge in [0.05, 0.1) is 11.4 Å². The van der Waals surface area contributed by atoms with E-state index in [-0.39, 0.29) is 11.9 Å². The van der Waals surface area contributed by atoms with Crippen LogP contribution in [-0.2, 0) is 9.53 Å². The van der Waals surface area contributed by atoms with Gasteiger partial charge in [-0.3, -0.25) is 4.79 Å². The van der Waals surface area contributed by atoms with Crippen molar-refractivity contribution in [3.8, 4) is 16.9 Å². The zero-order chi connectivity index (χ0) is 19.8. The Balaban J connectivity index is 1.85. The number of nitrogens with zero attached hydrogens (tertiary/aromatic N) is 2. The summed E-state index contributed by atoms with van der Waals surface area (Å²) < 4.78 is 6.89. The van der Waals surface area contributed by atoms with Crippen LogP contribution in [-0.4, -0.2) is 35.4 Å². The number of methoxy groups -OCH3 is 1. The number of carbonyl (C=O) groups is 1. The Kier molecular flexibility index (Phi) is 6.76. The van der Waals surface area contributed by atoms with Gasteiger partial charge in [-0.1, -0.05) is 48.5 Å². The molecule has 144 valence electrons. The average Bonchev–Trinajstić information content (AvgIpc) is 3.16. The molecule has 1 amide bonds. The monoisotopic (exact) mass is 375 g/mol. The van der Waals surface area contributed by atoms with Gasteiger partial charge in [-0.05, 0) is 31.6 Å². The van der Waals surface area contributed by atoms with E-state index < -0.39 is 0 Å². The summed E-state index contributed by atoms with van der Waals surface area (Å²) in [6.07, 6.45) is 6.09. The second-order valence-electron chi connectivity index (χ2n) is 6.60. The van der Waals surface area contributed by atoms with Crippen molar-refractivity contribution >= 4 is 12.0 Å². The van der Waals surface area contributed by atoms with E-state index in [1.807, 2.05) is 84.5 Å². The van der Waals surface area contributed by atoms with Gasteiger partial charge in [0, 0.05) is 43.2 Å². The van der Waals surface area contributed by atoms with E-state index in [0.29, 0.717) is 6.61 Å². The maximum absolute atomic E-state index is 12.2. The number of rotatable bonds is 8. The highest BCUT2D eigenvalue weighted by atomic mass is 16.5. The van der Waals surface area contributed by atoms with E-state index in [4.69, 9.17) is 9.84 Å². The standard InChI is InChI=1S/C23H25N3O2/c1-18(15-16-28-2)24-22(27)14-13-20-17-26(21-11-7-4-8-12-21)25-23(20)19-9-5-3-6-10-19/h3-14,17-18H,15-16H2,1-2H3,(H,24,27)/b14-13+. The van der Waals surface area contributed by atoms with Crippen LogP contribution in [0.4, 0.5) is 0 Å². The summed E-state index contributed by atoms with van der Waals surface area (Å²) in [5.74, 6) is -0.130. The number of hydrogen-bond donors (Lipinski definition) is 1. The lowest BCUT2D eigenvalue weighted by Gasteiger charge is -2.11. The summed E-state index contributed by atoms with van der Waals surface area (Å²) in [5.41, 5.74) is 3.69. The summed E-state index contributed by atoms with van der Waals surface area (Å²) in [6, 6.07) is 19.9. The van der Waals surface area contributed by atoms with Crippen molar-refractivity contribution in [1.82, 2.24) is 15.1 Å². The quantitative estimate of drug-likeness (QED) is 0.603. The molecular weight excluding hydrogens is 350 g/mol. The average molecular weight is 375 g/mol. The summed E-state index contributed by atoms with van der Waals surface area (Å²) in [6.45, 7) is 2.58. The lowest BCUT2D eigenvalue weighted by atomic mass is 10.1. The summed E-state index contributed by atoms with van der Waals surface area (Å²) in [4.78, 5) is 12.2. The zero-order valence-corrected chi connectivity index (χ0v) is 16.2. The lowest BCUT2D eigenvalue weighted by Crippen LogP contribution is -2.31. The van der Waals surface area contributed by atoms with Gasteiger partial charge in [-0.25, -0.2) is 4.68 Å². The molecular formula is C23H25N3O2. The van der Waals surface area contributed by atoms with E-state index in [2.05, 4.69) is 5.32 Å². The number of carbonyl (C=O) groups excluding carboxylic acids is 1. The molecule has 1 N–H and O–H groups in total. The molecule has 5 heteroatoms. The minimum absolute atomic E-state index is 0.0535.